The Morgan fingerprint density at radius 3 is 2.81 bits per heavy atom. The third kappa shape index (κ3) is 2.51. The van der Waals surface area contributed by atoms with Crippen LogP contribution >= 0.6 is 0 Å². The lowest BCUT2D eigenvalue weighted by molar-refractivity contribution is -0.130. The molecule has 1 aliphatic heterocycles. The van der Waals surface area contributed by atoms with Gasteiger partial charge in [-0.25, -0.2) is 4.98 Å². The third-order valence-corrected chi connectivity index (χ3v) is 2.82. The SMILES string of the molecule is CC(Nc1ccccn1)C(=O)N1CCCC1. The average Bonchev–Trinajstić information content (AvgIpc) is 2.83. The van der Waals surface area contributed by atoms with Crippen molar-refractivity contribution >= 4 is 11.7 Å². The summed E-state index contributed by atoms with van der Waals surface area (Å²) in [6.07, 6.45) is 3.97. The first-order valence-electron chi connectivity index (χ1n) is 5.74. The predicted octanol–water partition coefficient (Wildman–Crippen LogP) is 1.50. The van der Waals surface area contributed by atoms with Crippen molar-refractivity contribution in [3.8, 4) is 0 Å². The number of nitrogens with one attached hydrogen (secondary N) is 1. The Balaban J connectivity index is 1.92. The topological polar surface area (TPSA) is 45.2 Å². The summed E-state index contributed by atoms with van der Waals surface area (Å²) in [7, 11) is 0. The van der Waals surface area contributed by atoms with E-state index < -0.39 is 0 Å². The standard InChI is InChI=1S/C12H17N3O/c1-10(12(16)15-8-4-5-9-15)14-11-6-2-3-7-13-11/h2-3,6-7,10H,4-5,8-9H2,1H3,(H,13,14). The molecule has 1 atom stereocenters. The van der Waals surface area contributed by atoms with Crippen LogP contribution in [0.1, 0.15) is 19.8 Å². The lowest BCUT2D eigenvalue weighted by atomic mass is 10.3. The molecule has 1 aliphatic rings. The Morgan fingerprint density at radius 1 is 1.44 bits per heavy atom. The summed E-state index contributed by atoms with van der Waals surface area (Å²) in [5, 5.41) is 3.12. The van der Waals surface area contributed by atoms with Crippen LogP contribution in [0.15, 0.2) is 24.4 Å². The summed E-state index contributed by atoms with van der Waals surface area (Å²) in [6, 6.07) is 5.43. The molecule has 1 unspecified atom stereocenters. The minimum absolute atomic E-state index is 0.170. The highest BCUT2D eigenvalue weighted by molar-refractivity contribution is 5.84. The molecule has 0 aliphatic carbocycles. The highest BCUT2D eigenvalue weighted by Gasteiger charge is 2.22. The minimum Gasteiger partial charge on any atom is -0.359 e. The van der Waals surface area contributed by atoms with E-state index in [1.165, 1.54) is 0 Å². The van der Waals surface area contributed by atoms with Crippen molar-refractivity contribution in [3.63, 3.8) is 0 Å². The van der Waals surface area contributed by atoms with Gasteiger partial charge in [-0.3, -0.25) is 4.79 Å². The van der Waals surface area contributed by atoms with Crippen LogP contribution in [0, 0.1) is 0 Å². The normalized spacial score (nSPS) is 17.2. The van der Waals surface area contributed by atoms with Crippen LogP contribution in [0.3, 0.4) is 0 Å². The van der Waals surface area contributed by atoms with Gasteiger partial charge in [0, 0.05) is 19.3 Å². The zero-order valence-electron chi connectivity index (χ0n) is 9.52. The molecule has 2 rings (SSSR count). The molecule has 4 nitrogen and oxygen atoms in total. The second-order valence-corrected chi connectivity index (χ2v) is 4.11. The molecule has 16 heavy (non-hydrogen) atoms. The zero-order chi connectivity index (χ0) is 11.4. The number of nitrogens with zero attached hydrogens (tertiary/aromatic N) is 2. The number of hydrogen-bond donors (Lipinski definition) is 1. The van der Waals surface area contributed by atoms with Crippen molar-refractivity contribution in [3.05, 3.63) is 24.4 Å². The van der Waals surface area contributed by atoms with Gasteiger partial charge in [-0.15, -0.1) is 0 Å². The molecule has 0 spiro atoms. The van der Waals surface area contributed by atoms with E-state index in [1.54, 1.807) is 6.20 Å². The fourth-order valence-electron chi connectivity index (χ4n) is 1.94. The number of hydrogen-bond acceptors (Lipinski definition) is 3. The molecular weight excluding hydrogens is 202 g/mol. The van der Waals surface area contributed by atoms with E-state index in [1.807, 2.05) is 30.0 Å². The molecule has 1 amide bonds. The first-order valence-corrected chi connectivity index (χ1v) is 5.74. The molecule has 1 aromatic heterocycles. The number of likely N-dealkylation sites (tertiary alicyclic amines) is 1. The molecule has 1 fully saturated rings. The van der Waals surface area contributed by atoms with Gasteiger partial charge in [0.25, 0.3) is 0 Å². The highest BCUT2D eigenvalue weighted by atomic mass is 16.2. The molecule has 86 valence electrons. The maximum Gasteiger partial charge on any atom is 0.244 e. The zero-order valence-corrected chi connectivity index (χ0v) is 9.52. The average molecular weight is 219 g/mol. The molecule has 0 bridgehead atoms. The Hall–Kier alpha value is -1.58. The van der Waals surface area contributed by atoms with Crippen molar-refractivity contribution in [1.29, 1.82) is 0 Å². The summed E-state index contributed by atoms with van der Waals surface area (Å²) in [6.45, 7) is 3.68. The van der Waals surface area contributed by atoms with Gasteiger partial charge in [-0.1, -0.05) is 6.07 Å². The lowest BCUT2D eigenvalue weighted by Crippen LogP contribution is -2.39. The van der Waals surface area contributed by atoms with Gasteiger partial charge in [0.1, 0.15) is 11.9 Å². The Kier molecular flexibility index (Phi) is 3.39. The maximum atomic E-state index is 12.0. The van der Waals surface area contributed by atoms with E-state index in [-0.39, 0.29) is 11.9 Å². The minimum atomic E-state index is -0.201. The fourth-order valence-corrected chi connectivity index (χ4v) is 1.94. The molecule has 0 radical (unpaired) electrons. The van der Waals surface area contributed by atoms with Crippen molar-refractivity contribution < 1.29 is 4.79 Å². The largest absolute Gasteiger partial charge is 0.359 e. The van der Waals surface area contributed by atoms with Crippen molar-refractivity contribution in [2.24, 2.45) is 0 Å². The molecule has 1 N–H and O–H groups in total. The van der Waals surface area contributed by atoms with E-state index in [0.29, 0.717) is 0 Å². The first-order chi connectivity index (χ1) is 7.77. The summed E-state index contributed by atoms with van der Waals surface area (Å²) < 4.78 is 0. The maximum absolute atomic E-state index is 12.0. The van der Waals surface area contributed by atoms with Crippen LogP contribution in [0.4, 0.5) is 5.82 Å². The van der Waals surface area contributed by atoms with Crippen molar-refractivity contribution in [1.82, 2.24) is 9.88 Å². The van der Waals surface area contributed by atoms with Crippen molar-refractivity contribution in [2.75, 3.05) is 18.4 Å². The van der Waals surface area contributed by atoms with E-state index in [0.717, 1.165) is 31.7 Å². The summed E-state index contributed by atoms with van der Waals surface area (Å²) in [5.74, 6) is 0.922. The van der Waals surface area contributed by atoms with Crippen LogP contribution in [0.2, 0.25) is 0 Å². The second-order valence-electron chi connectivity index (χ2n) is 4.11. The van der Waals surface area contributed by atoms with Gasteiger partial charge in [-0.2, -0.15) is 0 Å². The first kappa shape index (κ1) is 10.9. The number of carbonyl (C=O) groups excluding carboxylic acids is 1. The quantitative estimate of drug-likeness (QED) is 0.838. The van der Waals surface area contributed by atoms with E-state index in [4.69, 9.17) is 0 Å². The number of aromatic nitrogens is 1. The second kappa shape index (κ2) is 4.96. The Morgan fingerprint density at radius 2 is 2.19 bits per heavy atom. The molecule has 0 saturated carbocycles. The molecule has 2 heterocycles. The predicted molar refractivity (Wildman–Crippen MR) is 63.1 cm³/mol. The van der Waals surface area contributed by atoms with Gasteiger partial charge >= 0.3 is 0 Å². The lowest BCUT2D eigenvalue weighted by Gasteiger charge is -2.21. The van der Waals surface area contributed by atoms with Gasteiger partial charge in [-0.05, 0) is 31.9 Å². The Bertz CT molecular complexity index is 347. The van der Waals surface area contributed by atoms with Crippen molar-refractivity contribution in [2.45, 2.75) is 25.8 Å². The van der Waals surface area contributed by atoms with Crippen LogP contribution in [0.25, 0.3) is 0 Å². The third-order valence-electron chi connectivity index (χ3n) is 2.82. The summed E-state index contributed by atoms with van der Waals surface area (Å²) in [4.78, 5) is 18.0. The van der Waals surface area contributed by atoms with Gasteiger partial charge < -0.3 is 10.2 Å². The van der Waals surface area contributed by atoms with E-state index in [9.17, 15) is 4.79 Å². The number of carbonyl (C=O) groups is 1. The molecular formula is C12H17N3O. The van der Waals surface area contributed by atoms with Gasteiger partial charge in [0.2, 0.25) is 5.91 Å². The molecule has 1 saturated heterocycles. The molecule has 0 aromatic carbocycles. The van der Waals surface area contributed by atoms with E-state index in [2.05, 4.69) is 10.3 Å². The fraction of sp³-hybridized carbons (Fsp3) is 0.500. The van der Waals surface area contributed by atoms with Gasteiger partial charge in [0.15, 0.2) is 0 Å². The number of amides is 1. The van der Waals surface area contributed by atoms with Crippen LogP contribution < -0.4 is 5.32 Å². The number of anilines is 1. The summed E-state index contributed by atoms with van der Waals surface area (Å²) >= 11 is 0. The van der Waals surface area contributed by atoms with Crippen LogP contribution in [-0.4, -0.2) is 34.9 Å². The smallest absolute Gasteiger partial charge is 0.244 e. The van der Waals surface area contributed by atoms with E-state index >= 15 is 0 Å². The van der Waals surface area contributed by atoms with Crippen LogP contribution in [-0.2, 0) is 4.79 Å². The number of pyridine rings is 1. The monoisotopic (exact) mass is 219 g/mol. The van der Waals surface area contributed by atoms with Crippen LogP contribution in [0.5, 0.6) is 0 Å². The van der Waals surface area contributed by atoms with Gasteiger partial charge in [0.05, 0.1) is 0 Å². The molecule has 1 aromatic rings. The molecule has 4 heteroatoms. The Labute approximate surface area is 95.7 Å². The highest BCUT2D eigenvalue weighted by Crippen LogP contribution is 2.11. The summed E-state index contributed by atoms with van der Waals surface area (Å²) in [5.41, 5.74) is 0. The number of rotatable bonds is 3.